The average molecular weight is 119 g/mol. The summed E-state index contributed by atoms with van der Waals surface area (Å²) in [4.78, 5) is 8.14. The number of hydrogen-bond acceptors (Lipinski definition) is 1. The molecule has 0 saturated heterocycles. The smallest absolute Gasteiger partial charge is 0.161 e. The van der Waals surface area contributed by atoms with Crippen LogP contribution in [-0.4, -0.2) is 11.1 Å². The lowest BCUT2D eigenvalue weighted by Crippen LogP contribution is -1.69. The van der Waals surface area contributed by atoms with Crippen LogP contribution in [0.15, 0.2) is 12.7 Å². The van der Waals surface area contributed by atoms with Gasteiger partial charge in [0, 0.05) is 6.42 Å². The summed E-state index contributed by atoms with van der Waals surface area (Å²) in [6, 6.07) is 0. The molecule has 0 aliphatic heterocycles. The van der Waals surface area contributed by atoms with E-state index < -0.39 is 8.03 Å². The van der Waals surface area contributed by atoms with Crippen LogP contribution in [0.2, 0.25) is 0 Å². The molecule has 1 N–H and O–H groups in total. The van der Waals surface area contributed by atoms with Gasteiger partial charge < -0.3 is 0 Å². The van der Waals surface area contributed by atoms with E-state index in [-0.39, 0.29) is 0 Å². The summed E-state index contributed by atoms with van der Waals surface area (Å²) in [5.41, 5.74) is 0. The van der Waals surface area contributed by atoms with Crippen molar-refractivity contribution in [3.8, 4) is 0 Å². The van der Waals surface area contributed by atoms with Gasteiger partial charge in [-0.05, 0) is 4.57 Å². The molecular weight excluding hydrogens is 111 g/mol. The maximum atomic E-state index is 9.86. The van der Waals surface area contributed by atoms with E-state index in [0.29, 0.717) is 12.6 Å². The van der Waals surface area contributed by atoms with Crippen LogP contribution in [0.4, 0.5) is 0 Å². The van der Waals surface area contributed by atoms with E-state index >= 15 is 0 Å². The lowest BCUT2D eigenvalue weighted by atomic mass is 10.5. The summed E-state index contributed by atoms with van der Waals surface area (Å²) >= 11 is 0. The third-order valence-electron chi connectivity index (χ3n) is 0.525. The Morgan fingerprint density at radius 1 is 1.86 bits per heavy atom. The molecular formula is C4H8O2P+. The molecule has 7 heavy (non-hydrogen) atoms. The van der Waals surface area contributed by atoms with Gasteiger partial charge >= 0.3 is 8.03 Å². The van der Waals surface area contributed by atoms with Crippen molar-refractivity contribution in [2.45, 2.75) is 6.42 Å². The highest BCUT2D eigenvalue weighted by atomic mass is 31.1. The van der Waals surface area contributed by atoms with E-state index in [1.165, 1.54) is 0 Å². The molecule has 2 nitrogen and oxygen atoms in total. The van der Waals surface area contributed by atoms with Gasteiger partial charge in [-0.3, -0.25) is 0 Å². The second-order valence-corrected chi connectivity index (χ2v) is 2.30. The highest BCUT2D eigenvalue weighted by Crippen LogP contribution is 2.12. The Bertz CT molecular complexity index is 79.8. The largest absolute Gasteiger partial charge is 0.505 e. The first kappa shape index (κ1) is 6.80. The average Bonchev–Trinajstić information content (AvgIpc) is 1.61. The Labute approximate surface area is 43.7 Å². The molecule has 0 radical (unpaired) electrons. The summed E-state index contributed by atoms with van der Waals surface area (Å²) < 4.78 is 9.86. The molecule has 0 fully saturated rings. The van der Waals surface area contributed by atoms with Crippen molar-refractivity contribution in [1.82, 2.24) is 0 Å². The number of allylic oxidation sites excluding steroid dienone is 1. The van der Waals surface area contributed by atoms with Gasteiger partial charge in [-0.15, -0.1) is 6.58 Å². The normalized spacial score (nSPS) is 10.7. The number of rotatable bonds is 3. The molecule has 0 saturated carbocycles. The minimum absolute atomic E-state index is 0.346. The zero-order valence-electron chi connectivity index (χ0n) is 4.00. The molecule has 0 aromatic heterocycles. The Morgan fingerprint density at radius 3 is 2.57 bits per heavy atom. The standard InChI is InChI=1S/C4H7O2P/c1-2-3-4-7(5)6/h2H,1,3-4H2/p+1. The van der Waals surface area contributed by atoms with Crippen molar-refractivity contribution in [3.63, 3.8) is 0 Å². The predicted molar refractivity (Wildman–Crippen MR) is 29.5 cm³/mol. The van der Waals surface area contributed by atoms with Crippen molar-refractivity contribution in [2.75, 3.05) is 6.16 Å². The van der Waals surface area contributed by atoms with E-state index in [1.807, 2.05) is 0 Å². The van der Waals surface area contributed by atoms with Crippen LogP contribution < -0.4 is 0 Å². The van der Waals surface area contributed by atoms with Gasteiger partial charge in [0.25, 0.3) is 0 Å². The van der Waals surface area contributed by atoms with Gasteiger partial charge in [0.15, 0.2) is 6.16 Å². The molecule has 3 heteroatoms. The van der Waals surface area contributed by atoms with Crippen molar-refractivity contribution >= 4 is 8.03 Å². The Balaban J connectivity index is 2.97. The fourth-order valence-corrected chi connectivity index (χ4v) is 0.605. The van der Waals surface area contributed by atoms with Gasteiger partial charge in [-0.25, -0.2) is 0 Å². The lowest BCUT2D eigenvalue weighted by molar-refractivity contribution is 0.503. The van der Waals surface area contributed by atoms with Crippen molar-refractivity contribution in [3.05, 3.63) is 12.7 Å². The third-order valence-corrected chi connectivity index (χ3v) is 1.17. The predicted octanol–water partition coefficient (Wildman–Crippen LogP) is 1.30. The summed E-state index contributed by atoms with van der Waals surface area (Å²) in [7, 11) is -1.93. The van der Waals surface area contributed by atoms with Gasteiger partial charge in [0.05, 0.1) is 0 Å². The van der Waals surface area contributed by atoms with Crippen LogP contribution in [0.1, 0.15) is 6.42 Å². The summed E-state index contributed by atoms with van der Waals surface area (Å²) in [6.45, 7) is 3.39. The molecule has 40 valence electrons. The van der Waals surface area contributed by atoms with Gasteiger partial charge in [0.1, 0.15) is 0 Å². The minimum Gasteiger partial charge on any atom is -0.161 e. The second-order valence-electron chi connectivity index (χ2n) is 1.15. The molecule has 0 spiro atoms. The van der Waals surface area contributed by atoms with Crippen molar-refractivity contribution < 1.29 is 9.46 Å². The SMILES string of the molecule is C=CCC[P+](=O)O. The Kier molecular flexibility index (Phi) is 3.86. The van der Waals surface area contributed by atoms with Crippen molar-refractivity contribution in [2.24, 2.45) is 0 Å². The molecule has 1 unspecified atom stereocenters. The molecule has 0 aromatic carbocycles. The van der Waals surface area contributed by atoms with E-state index in [2.05, 4.69) is 6.58 Å². The van der Waals surface area contributed by atoms with E-state index in [0.717, 1.165) is 0 Å². The summed E-state index contributed by atoms with van der Waals surface area (Å²) in [5, 5.41) is 0. The molecule has 0 bridgehead atoms. The quantitative estimate of drug-likeness (QED) is 0.449. The zero-order chi connectivity index (χ0) is 5.70. The maximum absolute atomic E-state index is 9.86. The van der Waals surface area contributed by atoms with Crippen LogP contribution in [0.25, 0.3) is 0 Å². The molecule has 0 heterocycles. The first-order valence-electron chi connectivity index (χ1n) is 2.02. The van der Waals surface area contributed by atoms with Crippen LogP contribution >= 0.6 is 8.03 Å². The molecule has 0 amide bonds. The topological polar surface area (TPSA) is 37.3 Å². The van der Waals surface area contributed by atoms with Crippen LogP contribution in [-0.2, 0) is 4.57 Å². The first-order valence-corrected chi connectivity index (χ1v) is 3.41. The Hall–Kier alpha value is -0.200. The second kappa shape index (κ2) is 3.97. The molecule has 0 rings (SSSR count). The van der Waals surface area contributed by atoms with E-state index in [4.69, 9.17) is 4.89 Å². The first-order chi connectivity index (χ1) is 3.27. The Morgan fingerprint density at radius 2 is 2.43 bits per heavy atom. The van der Waals surface area contributed by atoms with E-state index in [9.17, 15) is 4.57 Å². The monoisotopic (exact) mass is 119 g/mol. The minimum atomic E-state index is -1.93. The molecule has 0 aromatic rings. The highest BCUT2D eigenvalue weighted by molar-refractivity contribution is 7.37. The lowest BCUT2D eigenvalue weighted by Gasteiger charge is -1.69. The molecule has 0 aliphatic rings. The summed E-state index contributed by atoms with van der Waals surface area (Å²) in [5.74, 6) is 0. The van der Waals surface area contributed by atoms with Crippen LogP contribution in [0.5, 0.6) is 0 Å². The van der Waals surface area contributed by atoms with E-state index in [1.54, 1.807) is 6.08 Å². The summed E-state index contributed by atoms with van der Waals surface area (Å²) in [6.07, 6.45) is 2.61. The maximum Gasteiger partial charge on any atom is 0.505 e. The van der Waals surface area contributed by atoms with Crippen LogP contribution in [0, 0.1) is 0 Å². The van der Waals surface area contributed by atoms with Gasteiger partial charge in [-0.1, -0.05) is 6.08 Å². The number of hydrogen-bond donors (Lipinski definition) is 1. The highest BCUT2D eigenvalue weighted by Gasteiger charge is 2.04. The fourth-order valence-electron chi connectivity index (χ4n) is 0.202. The van der Waals surface area contributed by atoms with Crippen molar-refractivity contribution in [1.29, 1.82) is 0 Å². The fraction of sp³-hybridized carbons (Fsp3) is 0.500. The third kappa shape index (κ3) is 5.80. The molecule has 1 atom stereocenters. The van der Waals surface area contributed by atoms with Gasteiger partial charge in [-0.2, -0.15) is 4.89 Å². The zero-order valence-corrected chi connectivity index (χ0v) is 4.90. The van der Waals surface area contributed by atoms with Gasteiger partial charge in [0.2, 0.25) is 0 Å². The molecule has 0 aliphatic carbocycles. The van der Waals surface area contributed by atoms with Crippen LogP contribution in [0.3, 0.4) is 0 Å².